The van der Waals surface area contributed by atoms with E-state index in [-0.39, 0.29) is 57.6 Å². The Hall–Kier alpha value is -1.88. The molecule has 3 saturated carbocycles. The number of hydrogen-bond donors (Lipinski definition) is 2. The van der Waals surface area contributed by atoms with Crippen LogP contribution in [0.4, 0.5) is 0 Å². The summed E-state index contributed by atoms with van der Waals surface area (Å²) in [6.07, 6.45) is 12.8. The molecular formula is C39H59Cl3N6O4. The summed E-state index contributed by atoms with van der Waals surface area (Å²) in [6, 6.07) is 0.0179. The zero-order valence-electron chi connectivity index (χ0n) is 32.0. The first-order valence-electron chi connectivity index (χ1n) is 19.7. The molecule has 1 aromatic rings. The number of amidine groups is 1. The van der Waals surface area contributed by atoms with Gasteiger partial charge in [0, 0.05) is 29.7 Å². The van der Waals surface area contributed by atoms with Crippen molar-refractivity contribution in [2.45, 2.75) is 171 Å². The maximum atomic E-state index is 14.4. The fourth-order valence-corrected chi connectivity index (χ4v) is 11.6. The molecule has 5 aliphatic rings. The van der Waals surface area contributed by atoms with Crippen LogP contribution in [0, 0.1) is 28.6 Å². The highest BCUT2D eigenvalue weighted by Gasteiger charge is 2.78. The summed E-state index contributed by atoms with van der Waals surface area (Å²) in [5.74, 6) is 0.0519. The maximum Gasteiger partial charge on any atom is 0.275 e. The van der Waals surface area contributed by atoms with E-state index in [1.807, 2.05) is 0 Å². The molecule has 3 heterocycles. The average molecular weight is 782 g/mol. The van der Waals surface area contributed by atoms with Crippen LogP contribution in [0.2, 0.25) is 0 Å². The maximum absolute atomic E-state index is 14.4. The summed E-state index contributed by atoms with van der Waals surface area (Å²) < 4.78 is 8.29. The molecule has 10 nitrogen and oxygen atoms in total. The second-order valence-electron chi connectivity index (χ2n) is 17.6. The normalized spacial score (nSPS) is 38.3. The number of aromatic nitrogens is 2. The standard InChI is InChI=1S/C39H59Cl3N6O4/c1-8-36(4,5)24-15-16-39(29(20-24)37(6,7)9-2)38(10-3,52-39)35(51)44-26-14-11-13-23(19-26)33(49)45-32-31(47-18-12-17-43-47)34(50)48(46-32)30-27(41)21-25(40)22-28(30)42/h12,17-18,23-31H,8-11,13-16,19-22H2,1-7H3,(H,44,51)(H,45,46,49). The summed E-state index contributed by atoms with van der Waals surface area (Å²) in [5.41, 5.74) is -1.06. The van der Waals surface area contributed by atoms with Gasteiger partial charge < -0.3 is 15.4 Å². The van der Waals surface area contributed by atoms with Crippen molar-refractivity contribution in [2.75, 3.05) is 0 Å². The van der Waals surface area contributed by atoms with Crippen molar-refractivity contribution in [3.05, 3.63) is 18.5 Å². The van der Waals surface area contributed by atoms with Gasteiger partial charge in [0.1, 0.15) is 5.60 Å². The van der Waals surface area contributed by atoms with Gasteiger partial charge in [-0.05, 0) is 86.5 Å². The first kappa shape index (κ1) is 39.8. The van der Waals surface area contributed by atoms with E-state index in [9.17, 15) is 14.4 Å². The Morgan fingerprint density at radius 3 is 2.29 bits per heavy atom. The molecule has 3 amide bonds. The van der Waals surface area contributed by atoms with Gasteiger partial charge in [0.05, 0.1) is 16.8 Å². The van der Waals surface area contributed by atoms with Gasteiger partial charge in [-0.2, -0.15) is 10.2 Å². The van der Waals surface area contributed by atoms with Gasteiger partial charge in [0.2, 0.25) is 5.91 Å². The van der Waals surface area contributed by atoms with Crippen molar-refractivity contribution in [3.63, 3.8) is 0 Å². The molecular weight excluding hydrogens is 723 g/mol. The molecule has 6 rings (SSSR count). The minimum atomic E-state index is -0.953. The van der Waals surface area contributed by atoms with Gasteiger partial charge in [-0.3, -0.25) is 19.1 Å². The second kappa shape index (κ2) is 15.0. The Balaban J connectivity index is 1.15. The number of amides is 3. The van der Waals surface area contributed by atoms with Crippen LogP contribution in [0.3, 0.4) is 0 Å². The summed E-state index contributed by atoms with van der Waals surface area (Å²) in [4.78, 5) is 42.2. The van der Waals surface area contributed by atoms with Gasteiger partial charge in [-0.25, -0.2) is 5.01 Å². The van der Waals surface area contributed by atoms with Crippen LogP contribution in [-0.2, 0) is 19.1 Å². The van der Waals surface area contributed by atoms with Crippen LogP contribution >= 0.6 is 34.8 Å². The van der Waals surface area contributed by atoms with E-state index < -0.39 is 34.0 Å². The molecule has 52 heavy (non-hydrogen) atoms. The van der Waals surface area contributed by atoms with Crippen molar-refractivity contribution in [1.82, 2.24) is 25.4 Å². The third-order valence-corrected chi connectivity index (χ3v) is 15.3. The molecule has 9 atom stereocenters. The Morgan fingerprint density at radius 1 is 0.981 bits per heavy atom. The lowest BCUT2D eigenvalue weighted by atomic mass is 9.54. The summed E-state index contributed by atoms with van der Waals surface area (Å²) in [7, 11) is 0. The minimum absolute atomic E-state index is 0.0283. The van der Waals surface area contributed by atoms with Crippen LogP contribution < -0.4 is 10.6 Å². The van der Waals surface area contributed by atoms with Crippen LogP contribution in [0.1, 0.15) is 132 Å². The third-order valence-electron chi connectivity index (χ3n) is 14.0. The van der Waals surface area contributed by atoms with Crippen LogP contribution in [0.25, 0.3) is 0 Å². The molecule has 290 valence electrons. The number of epoxide rings is 1. The number of halogens is 3. The minimum Gasteiger partial charge on any atom is -0.352 e. The molecule has 9 unspecified atom stereocenters. The number of nitrogens with zero attached hydrogens (tertiary/aromatic N) is 4. The molecule has 2 N–H and O–H groups in total. The van der Waals surface area contributed by atoms with E-state index >= 15 is 0 Å². The monoisotopic (exact) mass is 780 g/mol. The SMILES string of the molecule is CCC(C)(C)C1CCC2(OC2(CC)C(=O)NC2CCCC(C(=O)NC3=NN(C4C(Cl)CC(Cl)CC4Cl)C(=O)C3n3cccn3)C2)C(C(C)(C)CC)C1. The summed E-state index contributed by atoms with van der Waals surface area (Å²) in [6.45, 7) is 16.1. The van der Waals surface area contributed by atoms with Crippen molar-refractivity contribution in [2.24, 2.45) is 33.7 Å². The number of carbonyl (C=O) groups is 3. The number of carbonyl (C=O) groups excluding carboxylic acids is 3. The Morgan fingerprint density at radius 2 is 1.67 bits per heavy atom. The highest BCUT2D eigenvalue weighted by molar-refractivity contribution is 6.28. The predicted molar refractivity (Wildman–Crippen MR) is 205 cm³/mol. The Bertz CT molecular complexity index is 1510. The van der Waals surface area contributed by atoms with E-state index in [2.05, 4.69) is 69.3 Å². The predicted octanol–water partition coefficient (Wildman–Crippen LogP) is 7.56. The largest absolute Gasteiger partial charge is 0.352 e. The van der Waals surface area contributed by atoms with Crippen LogP contribution in [0.15, 0.2) is 23.6 Å². The Kier molecular flexibility index (Phi) is 11.5. The lowest BCUT2D eigenvalue weighted by Gasteiger charge is -2.48. The van der Waals surface area contributed by atoms with Crippen molar-refractivity contribution < 1.29 is 19.1 Å². The molecule has 1 spiro atoms. The smallest absolute Gasteiger partial charge is 0.275 e. The number of nitrogens with one attached hydrogen (secondary N) is 2. The number of alkyl halides is 3. The zero-order valence-corrected chi connectivity index (χ0v) is 34.2. The van der Waals surface area contributed by atoms with Crippen LogP contribution in [0.5, 0.6) is 0 Å². The second-order valence-corrected chi connectivity index (χ2v) is 19.3. The zero-order chi connectivity index (χ0) is 37.8. The number of ether oxygens (including phenoxy) is 1. The number of rotatable bonds is 10. The van der Waals surface area contributed by atoms with E-state index in [1.165, 1.54) is 9.69 Å². The van der Waals surface area contributed by atoms with Crippen molar-refractivity contribution in [1.29, 1.82) is 0 Å². The molecule has 0 radical (unpaired) electrons. The van der Waals surface area contributed by atoms with E-state index in [0.29, 0.717) is 38.0 Å². The first-order valence-corrected chi connectivity index (χ1v) is 21.0. The van der Waals surface area contributed by atoms with E-state index in [4.69, 9.17) is 39.5 Å². The van der Waals surface area contributed by atoms with Crippen LogP contribution in [-0.4, -0.2) is 77.8 Å². The Labute approximate surface area is 324 Å². The summed E-state index contributed by atoms with van der Waals surface area (Å²) >= 11 is 19.8. The van der Waals surface area contributed by atoms with Gasteiger partial charge in [0.15, 0.2) is 17.5 Å². The van der Waals surface area contributed by atoms with Gasteiger partial charge in [-0.1, -0.05) is 67.7 Å². The molecule has 4 fully saturated rings. The van der Waals surface area contributed by atoms with Gasteiger partial charge in [-0.15, -0.1) is 34.8 Å². The highest BCUT2D eigenvalue weighted by atomic mass is 35.5. The quantitative estimate of drug-likeness (QED) is 0.188. The van der Waals surface area contributed by atoms with Gasteiger partial charge in [0.25, 0.3) is 11.8 Å². The van der Waals surface area contributed by atoms with Crippen molar-refractivity contribution in [3.8, 4) is 0 Å². The molecule has 2 aliphatic heterocycles. The molecule has 3 aliphatic carbocycles. The first-order chi connectivity index (χ1) is 24.5. The fraction of sp³-hybridized carbons (Fsp3) is 0.821. The van der Waals surface area contributed by atoms with E-state index in [0.717, 1.165) is 44.9 Å². The van der Waals surface area contributed by atoms with Crippen molar-refractivity contribution >= 4 is 58.4 Å². The third kappa shape index (κ3) is 7.05. The molecule has 1 aromatic heterocycles. The van der Waals surface area contributed by atoms with Gasteiger partial charge >= 0.3 is 0 Å². The topological polar surface area (TPSA) is 121 Å². The number of hydrazone groups is 1. The fourth-order valence-electron chi connectivity index (χ4n) is 9.94. The average Bonchev–Trinajstić information content (AvgIpc) is 3.33. The highest BCUT2D eigenvalue weighted by Crippen LogP contribution is 2.67. The molecule has 0 aromatic carbocycles. The number of hydrogen-bond acceptors (Lipinski definition) is 6. The summed E-state index contributed by atoms with van der Waals surface area (Å²) in [5, 5.41) is 15.4. The van der Waals surface area contributed by atoms with E-state index in [1.54, 1.807) is 18.5 Å². The lowest BCUT2D eigenvalue weighted by Crippen LogP contribution is -2.54. The molecule has 1 saturated heterocycles. The molecule has 0 bridgehead atoms. The molecule has 13 heteroatoms. The lowest BCUT2D eigenvalue weighted by molar-refractivity contribution is -0.134.